The molecule has 0 aliphatic carbocycles. The number of ether oxygens (including phenoxy) is 2. The quantitative estimate of drug-likeness (QED) is 0.907. The van der Waals surface area contributed by atoms with Crippen LogP contribution < -0.4 is 19.7 Å². The molecule has 0 saturated carbocycles. The van der Waals surface area contributed by atoms with Gasteiger partial charge in [0.05, 0.1) is 19.8 Å². The predicted octanol–water partition coefficient (Wildman–Crippen LogP) is 1.81. The van der Waals surface area contributed by atoms with Crippen LogP contribution in [0.1, 0.15) is 10.4 Å². The van der Waals surface area contributed by atoms with Gasteiger partial charge in [-0.25, -0.2) is 9.97 Å². The molecule has 0 spiro atoms. The van der Waals surface area contributed by atoms with Crippen LogP contribution >= 0.6 is 0 Å². The summed E-state index contributed by atoms with van der Waals surface area (Å²) in [7, 11) is 6.76. The van der Waals surface area contributed by atoms with Crippen molar-refractivity contribution in [1.82, 2.24) is 9.97 Å². The molecule has 1 aromatic carbocycles. The van der Waals surface area contributed by atoms with E-state index < -0.39 is 0 Å². The number of nitrogens with zero attached hydrogens (tertiary/aromatic N) is 3. The van der Waals surface area contributed by atoms with Crippen LogP contribution in [-0.2, 0) is 0 Å². The zero-order valence-corrected chi connectivity index (χ0v) is 13.0. The van der Waals surface area contributed by atoms with E-state index in [9.17, 15) is 4.79 Å². The van der Waals surface area contributed by atoms with Crippen LogP contribution in [0.5, 0.6) is 11.5 Å². The summed E-state index contributed by atoms with van der Waals surface area (Å²) in [6.07, 6.45) is 2.96. The molecular formula is C15H18N4O3. The lowest BCUT2D eigenvalue weighted by molar-refractivity contribution is 0.102. The number of rotatable bonds is 5. The monoisotopic (exact) mass is 302 g/mol. The van der Waals surface area contributed by atoms with Gasteiger partial charge in [0.25, 0.3) is 5.91 Å². The normalized spacial score (nSPS) is 10.0. The second kappa shape index (κ2) is 6.75. The Labute approximate surface area is 128 Å². The molecule has 7 heteroatoms. The maximum Gasteiger partial charge on any atom is 0.258 e. The molecular weight excluding hydrogens is 284 g/mol. The molecule has 1 amide bonds. The van der Waals surface area contributed by atoms with Crippen LogP contribution in [0.4, 0.5) is 11.6 Å². The Balaban J connectivity index is 2.17. The van der Waals surface area contributed by atoms with Gasteiger partial charge in [0.1, 0.15) is 11.5 Å². The first-order valence-electron chi connectivity index (χ1n) is 6.57. The highest BCUT2D eigenvalue weighted by Gasteiger charge is 2.10. The third kappa shape index (κ3) is 3.63. The molecule has 1 heterocycles. The number of aromatic nitrogens is 2. The van der Waals surface area contributed by atoms with Crippen molar-refractivity contribution in [2.24, 2.45) is 0 Å². The maximum atomic E-state index is 12.2. The van der Waals surface area contributed by atoms with E-state index in [1.165, 1.54) is 12.4 Å². The minimum atomic E-state index is -0.305. The predicted molar refractivity (Wildman–Crippen MR) is 83.9 cm³/mol. The molecule has 22 heavy (non-hydrogen) atoms. The van der Waals surface area contributed by atoms with Gasteiger partial charge in [0.15, 0.2) is 0 Å². The van der Waals surface area contributed by atoms with E-state index in [-0.39, 0.29) is 5.91 Å². The van der Waals surface area contributed by atoms with E-state index in [0.717, 1.165) is 0 Å². The van der Waals surface area contributed by atoms with Gasteiger partial charge in [-0.15, -0.1) is 0 Å². The van der Waals surface area contributed by atoms with E-state index in [1.807, 2.05) is 14.1 Å². The van der Waals surface area contributed by atoms with Crippen LogP contribution in [0.3, 0.4) is 0 Å². The Hall–Kier alpha value is -2.83. The highest BCUT2D eigenvalue weighted by Crippen LogP contribution is 2.26. The number of nitrogens with one attached hydrogen (secondary N) is 1. The van der Waals surface area contributed by atoms with E-state index in [0.29, 0.717) is 28.7 Å². The molecule has 116 valence electrons. The van der Waals surface area contributed by atoms with Crippen molar-refractivity contribution in [3.05, 3.63) is 36.2 Å². The smallest absolute Gasteiger partial charge is 0.258 e. The summed E-state index contributed by atoms with van der Waals surface area (Å²) < 4.78 is 10.3. The Bertz CT molecular complexity index is 634. The van der Waals surface area contributed by atoms with Crippen molar-refractivity contribution < 1.29 is 14.3 Å². The highest BCUT2D eigenvalue weighted by atomic mass is 16.5. The zero-order valence-electron chi connectivity index (χ0n) is 13.0. The van der Waals surface area contributed by atoms with Gasteiger partial charge in [0, 0.05) is 50.4 Å². The summed E-state index contributed by atoms with van der Waals surface area (Å²) in [6.45, 7) is 0. The van der Waals surface area contributed by atoms with Crippen molar-refractivity contribution in [3.8, 4) is 11.5 Å². The lowest BCUT2D eigenvalue weighted by atomic mass is 10.2. The molecule has 0 unspecified atom stereocenters. The second-order valence-corrected chi connectivity index (χ2v) is 4.72. The van der Waals surface area contributed by atoms with Gasteiger partial charge >= 0.3 is 0 Å². The maximum absolute atomic E-state index is 12.2. The summed E-state index contributed by atoms with van der Waals surface area (Å²) >= 11 is 0. The number of benzene rings is 1. The third-order valence-corrected chi connectivity index (χ3v) is 2.91. The Morgan fingerprint density at radius 3 is 2.05 bits per heavy atom. The average molecular weight is 302 g/mol. The molecule has 0 aliphatic rings. The van der Waals surface area contributed by atoms with Gasteiger partial charge in [0.2, 0.25) is 5.95 Å². The molecule has 0 fully saturated rings. The number of hydrogen-bond acceptors (Lipinski definition) is 6. The van der Waals surface area contributed by atoms with Crippen molar-refractivity contribution >= 4 is 17.5 Å². The van der Waals surface area contributed by atoms with Crippen LogP contribution in [0.25, 0.3) is 0 Å². The van der Waals surface area contributed by atoms with E-state index >= 15 is 0 Å². The van der Waals surface area contributed by atoms with Crippen molar-refractivity contribution in [3.63, 3.8) is 0 Å². The van der Waals surface area contributed by atoms with Gasteiger partial charge in [-0.2, -0.15) is 0 Å². The largest absolute Gasteiger partial charge is 0.497 e. The number of carbonyl (C=O) groups excluding carboxylic acids is 1. The lowest BCUT2D eigenvalue weighted by Crippen LogP contribution is -2.16. The topological polar surface area (TPSA) is 76.6 Å². The summed E-state index contributed by atoms with van der Waals surface area (Å²) in [5.41, 5.74) is 0.935. The minimum absolute atomic E-state index is 0.305. The van der Waals surface area contributed by atoms with Crippen LogP contribution in [-0.4, -0.2) is 44.2 Å². The SMILES string of the molecule is COc1cc(NC(=O)c2cnc(N(C)C)nc2)cc(OC)c1. The Morgan fingerprint density at radius 2 is 1.59 bits per heavy atom. The van der Waals surface area contributed by atoms with Gasteiger partial charge < -0.3 is 19.7 Å². The minimum Gasteiger partial charge on any atom is -0.497 e. The fourth-order valence-electron chi connectivity index (χ4n) is 1.75. The number of carbonyl (C=O) groups is 1. The zero-order chi connectivity index (χ0) is 16.1. The number of anilines is 2. The summed E-state index contributed by atoms with van der Waals surface area (Å²) in [5.74, 6) is 1.42. The first-order chi connectivity index (χ1) is 10.5. The molecule has 0 aliphatic heterocycles. The van der Waals surface area contributed by atoms with Gasteiger partial charge in [-0.05, 0) is 0 Å². The fraction of sp³-hybridized carbons (Fsp3) is 0.267. The van der Waals surface area contributed by atoms with Gasteiger partial charge in [-0.3, -0.25) is 4.79 Å². The fourth-order valence-corrected chi connectivity index (χ4v) is 1.75. The second-order valence-electron chi connectivity index (χ2n) is 4.72. The molecule has 2 aromatic rings. The van der Waals surface area contributed by atoms with E-state index in [1.54, 1.807) is 37.3 Å². The first-order valence-corrected chi connectivity index (χ1v) is 6.57. The van der Waals surface area contributed by atoms with E-state index in [2.05, 4.69) is 15.3 Å². The standard InChI is InChI=1S/C15H18N4O3/c1-19(2)15-16-8-10(9-17-15)14(20)18-11-5-12(21-3)7-13(6-11)22-4/h5-9H,1-4H3,(H,18,20). The van der Waals surface area contributed by atoms with Crippen molar-refractivity contribution in [1.29, 1.82) is 0 Å². The molecule has 1 N–H and O–H groups in total. The molecule has 2 rings (SSSR count). The average Bonchev–Trinajstić information content (AvgIpc) is 2.54. The van der Waals surface area contributed by atoms with Gasteiger partial charge in [-0.1, -0.05) is 0 Å². The van der Waals surface area contributed by atoms with Crippen molar-refractivity contribution in [2.75, 3.05) is 38.5 Å². The molecule has 1 aromatic heterocycles. The molecule has 0 atom stereocenters. The number of hydrogen-bond donors (Lipinski definition) is 1. The lowest BCUT2D eigenvalue weighted by Gasteiger charge is -2.11. The molecule has 0 saturated heterocycles. The number of amides is 1. The third-order valence-electron chi connectivity index (χ3n) is 2.91. The van der Waals surface area contributed by atoms with E-state index in [4.69, 9.17) is 9.47 Å². The van der Waals surface area contributed by atoms with Crippen LogP contribution in [0.2, 0.25) is 0 Å². The summed E-state index contributed by atoms with van der Waals surface area (Å²) in [6, 6.07) is 5.13. The highest BCUT2D eigenvalue weighted by molar-refractivity contribution is 6.04. The van der Waals surface area contributed by atoms with Crippen LogP contribution in [0.15, 0.2) is 30.6 Å². The molecule has 0 radical (unpaired) electrons. The number of methoxy groups -OCH3 is 2. The summed E-state index contributed by atoms with van der Waals surface area (Å²) in [4.78, 5) is 22.2. The Kier molecular flexibility index (Phi) is 4.77. The summed E-state index contributed by atoms with van der Waals surface area (Å²) in [5, 5.41) is 2.76. The van der Waals surface area contributed by atoms with Crippen LogP contribution in [0, 0.1) is 0 Å². The first kappa shape index (κ1) is 15.6. The molecule has 7 nitrogen and oxygen atoms in total. The Morgan fingerprint density at radius 1 is 1.05 bits per heavy atom. The van der Waals surface area contributed by atoms with Crippen molar-refractivity contribution in [2.45, 2.75) is 0 Å². The molecule has 0 bridgehead atoms.